The average molecular weight is 234 g/mol. The van der Waals surface area contributed by atoms with Crippen LogP contribution in [0.3, 0.4) is 0 Å². The molecular formula is C15H22O2. The average Bonchev–Trinajstić information content (AvgIpc) is 2.37. The van der Waals surface area contributed by atoms with Gasteiger partial charge in [0.05, 0.1) is 6.10 Å². The molecule has 0 fully saturated rings. The van der Waals surface area contributed by atoms with Crippen LogP contribution in [-0.2, 0) is 12.8 Å². The Balaban J connectivity index is 2.06. The van der Waals surface area contributed by atoms with Crippen LogP contribution < -0.4 is 4.74 Å². The largest absolute Gasteiger partial charge is 0.488 e. The Morgan fingerprint density at radius 1 is 1.24 bits per heavy atom. The molecule has 2 rings (SSSR count). The molecule has 1 aliphatic carbocycles. The summed E-state index contributed by atoms with van der Waals surface area (Å²) in [5.41, 5.74) is 2.89. The van der Waals surface area contributed by atoms with Crippen LogP contribution in [0.4, 0.5) is 0 Å². The van der Waals surface area contributed by atoms with Crippen LogP contribution >= 0.6 is 0 Å². The minimum absolute atomic E-state index is 0.137. The highest BCUT2D eigenvalue weighted by Gasteiger charge is 2.15. The summed E-state index contributed by atoms with van der Waals surface area (Å²) in [7, 11) is 0. The van der Waals surface area contributed by atoms with Gasteiger partial charge in [-0.2, -0.15) is 0 Å². The molecule has 2 heteroatoms. The van der Waals surface area contributed by atoms with Crippen LogP contribution in [0.2, 0.25) is 0 Å². The molecule has 0 aromatic heterocycles. The summed E-state index contributed by atoms with van der Waals surface area (Å²) in [5.74, 6) is 0.894. The van der Waals surface area contributed by atoms with E-state index in [1.807, 2.05) is 19.9 Å². The third-order valence-corrected chi connectivity index (χ3v) is 3.60. The van der Waals surface area contributed by atoms with Crippen molar-refractivity contribution < 1.29 is 9.84 Å². The fraction of sp³-hybridized carbons (Fsp3) is 0.600. The molecule has 0 saturated carbocycles. The predicted octanol–water partition coefficient (Wildman–Crippen LogP) is 3.10. The highest BCUT2D eigenvalue weighted by molar-refractivity contribution is 5.37. The minimum atomic E-state index is -0.383. The molecule has 0 bridgehead atoms. The predicted molar refractivity (Wildman–Crippen MR) is 69.5 cm³/mol. The van der Waals surface area contributed by atoms with Crippen LogP contribution in [0, 0.1) is 0 Å². The van der Waals surface area contributed by atoms with E-state index in [9.17, 15) is 5.11 Å². The Hall–Kier alpha value is -1.02. The van der Waals surface area contributed by atoms with Crippen molar-refractivity contribution in [2.45, 2.75) is 58.2 Å². The van der Waals surface area contributed by atoms with E-state index in [2.05, 4.69) is 12.1 Å². The van der Waals surface area contributed by atoms with Gasteiger partial charge in [-0.15, -0.1) is 0 Å². The quantitative estimate of drug-likeness (QED) is 0.867. The minimum Gasteiger partial charge on any atom is -0.488 e. The van der Waals surface area contributed by atoms with Crippen LogP contribution in [0.1, 0.15) is 44.2 Å². The van der Waals surface area contributed by atoms with Crippen LogP contribution in [0.5, 0.6) is 5.75 Å². The Labute approximate surface area is 104 Å². The molecule has 17 heavy (non-hydrogen) atoms. The molecule has 1 aliphatic rings. The Bertz CT molecular complexity index is 373. The van der Waals surface area contributed by atoms with E-state index in [1.165, 1.54) is 30.4 Å². The first-order valence-corrected chi connectivity index (χ1v) is 6.67. The molecule has 0 spiro atoms. The molecule has 1 N–H and O–H groups in total. The van der Waals surface area contributed by atoms with Gasteiger partial charge in [0, 0.05) is 0 Å². The van der Waals surface area contributed by atoms with Crippen molar-refractivity contribution in [3.8, 4) is 5.75 Å². The second-order valence-electron chi connectivity index (χ2n) is 4.94. The Kier molecular flexibility index (Phi) is 4.06. The lowest BCUT2D eigenvalue weighted by Gasteiger charge is -2.21. The topological polar surface area (TPSA) is 29.5 Å². The van der Waals surface area contributed by atoms with Crippen molar-refractivity contribution in [3.05, 3.63) is 29.3 Å². The lowest BCUT2D eigenvalue weighted by atomic mass is 9.92. The van der Waals surface area contributed by atoms with Gasteiger partial charge in [-0.05, 0) is 62.3 Å². The van der Waals surface area contributed by atoms with Crippen LogP contribution in [0.15, 0.2) is 18.2 Å². The summed E-state index contributed by atoms with van der Waals surface area (Å²) in [6, 6.07) is 6.35. The fourth-order valence-electron chi connectivity index (χ4n) is 2.41. The maximum atomic E-state index is 9.70. The Morgan fingerprint density at radius 3 is 2.65 bits per heavy atom. The number of ether oxygens (including phenoxy) is 1. The van der Waals surface area contributed by atoms with E-state index < -0.39 is 0 Å². The maximum absolute atomic E-state index is 9.70. The maximum Gasteiger partial charge on any atom is 0.122 e. The zero-order valence-corrected chi connectivity index (χ0v) is 10.8. The number of benzene rings is 1. The SMILES string of the molecule is CCC(O)C(C)Oc1ccc2c(c1)CCCC2. The molecular weight excluding hydrogens is 212 g/mol. The number of hydrogen-bond acceptors (Lipinski definition) is 2. The van der Waals surface area contributed by atoms with Crippen LogP contribution in [0.25, 0.3) is 0 Å². The normalized spacial score (nSPS) is 18.3. The molecule has 0 aliphatic heterocycles. The molecule has 0 amide bonds. The zero-order valence-electron chi connectivity index (χ0n) is 10.8. The number of hydrogen-bond donors (Lipinski definition) is 1. The van der Waals surface area contributed by atoms with Gasteiger partial charge in [-0.1, -0.05) is 13.0 Å². The van der Waals surface area contributed by atoms with Gasteiger partial charge in [-0.3, -0.25) is 0 Å². The summed E-state index contributed by atoms with van der Waals surface area (Å²) in [6.07, 6.45) is 5.15. The second-order valence-corrected chi connectivity index (χ2v) is 4.94. The first-order chi connectivity index (χ1) is 8.20. The van der Waals surface area contributed by atoms with Crippen molar-refractivity contribution >= 4 is 0 Å². The summed E-state index contributed by atoms with van der Waals surface area (Å²) >= 11 is 0. The molecule has 0 heterocycles. The van der Waals surface area contributed by atoms with Crippen molar-refractivity contribution in [3.63, 3.8) is 0 Å². The van der Waals surface area contributed by atoms with Gasteiger partial charge < -0.3 is 9.84 Å². The highest BCUT2D eigenvalue weighted by Crippen LogP contribution is 2.26. The molecule has 94 valence electrons. The van der Waals surface area contributed by atoms with Crippen molar-refractivity contribution in [1.29, 1.82) is 0 Å². The van der Waals surface area contributed by atoms with Crippen molar-refractivity contribution in [2.24, 2.45) is 0 Å². The number of aryl methyl sites for hydroxylation is 2. The first kappa shape index (κ1) is 12.4. The Morgan fingerprint density at radius 2 is 1.94 bits per heavy atom. The lowest BCUT2D eigenvalue weighted by molar-refractivity contribution is 0.0450. The highest BCUT2D eigenvalue weighted by atomic mass is 16.5. The van der Waals surface area contributed by atoms with E-state index >= 15 is 0 Å². The van der Waals surface area contributed by atoms with Crippen molar-refractivity contribution in [1.82, 2.24) is 0 Å². The smallest absolute Gasteiger partial charge is 0.122 e. The summed E-state index contributed by atoms with van der Waals surface area (Å²) in [6.45, 7) is 3.89. The first-order valence-electron chi connectivity index (χ1n) is 6.67. The number of aliphatic hydroxyl groups is 1. The molecule has 0 saturated heterocycles. The summed E-state index contributed by atoms with van der Waals surface area (Å²) in [4.78, 5) is 0. The number of fused-ring (bicyclic) bond motifs is 1. The van der Waals surface area contributed by atoms with Gasteiger partial charge in [0.2, 0.25) is 0 Å². The summed E-state index contributed by atoms with van der Waals surface area (Å²) in [5, 5.41) is 9.70. The third-order valence-electron chi connectivity index (χ3n) is 3.60. The molecule has 1 aromatic rings. The summed E-state index contributed by atoms with van der Waals surface area (Å²) < 4.78 is 5.78. The molecule has 1 aromatic carbocycles. The van der Waals surface area contributed by atoms with Gasteiger partial charge in [0.25, 0.3) is 0 Å². The standard InChI is InChI=1S/C15H22O2/c1-3-15(16)11(2)17-14-9-8-12-6-4-5-7-13(12)10-14/h8-11,15-16H,3-7H2,1-2H3. The molecule has 2 atom stereocenters. The van der Waals surface area contributed by atoms with Gasteiger partial charge in [-0.25, -0.2) is 0 Å². The second kappa shape index (κ2) is 5.54. The number of rotatable bonds is 4. The van der Waals surface area contributed by atoms with Crippen LogP contribution in [-0.4, -0.2) is 17.3 Å². The van der Waals surface area contributed by atoms with Gasteiger partial charge >= 0.3 is 0 Å². The zero-order chi connectivity index (χ0) is 12.3. The molecule has 0 radical (unpaired) electrons. The van der Waals surface area contributed by atoms with E-state index in [0.29, 0.717) is 0 Å². The van der Waals surface area contributed by atoms with E-state index in [1.54, 1.807) is 0 Å². The third kappa shape index (κ3) is 3.01. The molecule has 2 nitrogen and oxygen atoms in total. The van der Waals surface area contributed by atoms with E-state index in [4.69, 9.17) is 4.74 Å². The van der Waals surface area contributed by atoms with Crippen molar-refractivity contribution in [2.75, 3.05) is 0 Å². The van der Waals surface area contributed by atoms with Gasteiger partial charge in [0.1, 0.15) is 11.9 Å². The lowest BCUT2D eigenvalue weighted by Crippen LogP contribution is -2.27. The van der Waals surface area contributed by atoms with Gasteiger partial charge in [0.15, 0.2) is 0 Å². The molecule has 2 unspecified atom stereocenters. The van der Waals surface area contributed by atoms with E-state index in [-0.39, 0.29) is 12.2 Å². The van der Waals surface area contributed by atoms with E-state index in [0.717, 1.165) is 18.6 Å². The number of aliphatic hydroxyl groups excluding tert-OH is 1. The fourth-order valence-corrected chi connectivity index (χ4v) is 2.41. The monoisotopic (exact) mass is 234 g/mol.